The third-order valence-corrected chi connectivity index (χ3v) is 4.80. The number of nitrogens with zero attached hydrogens (tertiary/aromatic N) is 4. The van der Waals surface area contributed by atoms with E-state index in [1.807, 2.05) is 0 Å². The number of hydrogen-bond acceptors (Lipinski definition) is 5. The molecule has 2 aliphatic rings. The molecule has 2 atom stereocenters. The van der Waals surface area contributed by atoms with Crippen molar-refractivity contribution in [1.82, 2.24) is 25.2 Å². The van der Waals surface area contributed by atoms with Crippen LogP contribution in [0.5, 0.6) is 0 Å². The molecule has 4 rings (SSSR count). The highest BCUT2D eigenvalue weighted by Gasteiger charge is 2.59. The van der Waals surface area contributed by atoms with Gasteiger partial charge in [0.2, 0.25) is 11.6 Å². The van der Waals surface area contributed by atoms with Gasteiger partial charge in [0.1, 0.15) is 0 Å². The van der Waals surface area contributed by atoms with Gasteiger partial charge in [-0.3, -0.25) is 10.1 Å². The average Bonchev–Trinajstić information content (AvgIpc) is 3.20. The van der Waals surface area contributed by atoms with Gasteiger partial charge < -0.3 is 10.2 Å². The zero-order valence-corrected chi connectivity index (χ0v) is 13.8. The van der Waals surface area contributed by atoms with Crippen LogP contribution in [0.4, 0.5) is 28.0 Å². The van der Waals surface area contributed by atoms with Gasteiger partial charge in [-0.15, -0.1) is 0 Å². The number of imidazole rings is 1. The highest BCUT2D eigenvalue weighted by molar-refractivity contribution is 6.00. The maximum Gasteiger partial charge on any atom is 0.424 e. The van der Waals surface area contributed by atoms with E-state index >= 15 is 0 Å². The predicted molar refractivity (Wildman–Crippen MR) is 84.0 cm³/mol. The molecular weight excluding hydrogens is 372 g/mol. The minimum Gasteiger partial charge on any atom is -0.365 e. The van der Waals surface area contributed by atoms with Gasteiger partial charge in [0.15, 0.2) is 5.65 Å². The lowest BCUT2D eigenvalue weighted by molar-refractivity contribution is -0.221. The fourth-order valence-electron chi connectivity index (χ4n) is 3.30. The molecule has 2 N–H and O–H groups in total. The summed E-state index contributed by atoms with van der Waals surface area (Å²) in [5.41, 5.74) is -2.57. The smallest absolute Gasteiger partial charge is 0.365 e. The van der Waals surface area contributed by atoms with Gasteiger partial charge in [-0.25, -0.2) is 18.7 Å². The van der Waals surface area contributed by atoms with Gasteiger partial charge in [-0.05, 0) is 6.07 Å². The van der Waals surface area contributed by atoms with Crippen LogP contribution in [-0.4, -0.2) is 58.0 Å². The third kappa shape index (κ3) is 2.84. The predicted octanol–water partition coefficient (Wildman–Crippen LogP) is 1.13. The molecule has 8 nitrogen and oxygen atoms in total. The summed E-state index contributed by atoms with van der Waals surface area (Å²) in [4.78, 5) is 28.6. The molecule has 2 fully saturated rings. The van der Waals surface area contributed by atoms with Crippen molar-refractivity contribution in [2.24, 2.45) is 0 Å². The van der Waals surface area contributed by atoms with Crippen LogP contribution in [0.25, 0.3) is 5.65 Å². The molecule has 0 bridgehead atoms. The van der Waals surface area contributed by atoms with Gasteiger partial charge >= 0.3 is 12.2 Å². The largest absolute Gasteiger partial charge is 0.424 e. The number of fused-ring (bicyclic) bond motifs is 1. The number of urea groups is 1. The van der Waals surface area contributed by atoms with Crippen molar-refractivity contribution in [3.63, 3.8) is 0 Å². The Balaban J connectivity index is 1.72. The lowest BCUT2D eigenvalue weighted by atomic mass is 10.0. The van der Waals surface area contributed by atoms with E-state index in [4.69, 9.17) is 0 Å². The van der Waals surface area contributed by atoms with Crippen molar-refractivity contribution in [2.75, 3.05) is 24.5 Å². The minimum atomic E-state index is -4.98. The van der Waals surface area contributed by atoms with Crippen LogP contribution in [0, 0.1) is 0 Å². The van der Waals surface area contributed by atoms with Gasteiger partial charge in [0.05, 0.1) is 23.8 Å². The van der Waals surface area contributed by atoms with Gasteiger partial charge in [0, 0.05) is 31.9 Å². The summed E-state index contributed by atoms with van der Waals surface area (Å²) in [5, 5.41) is 8.83. The second kappa shape index (κ2) is 5.79. The molecule has 2 aromatic heterocycles. The molecule has 2 aliphatic heterocycles. The molecule has 27 heavy (non-hydrogen) atoms. The van der Waals surface area contributed by atoms with Crippen molar-refractivity contribution in [2.45, 2.75) is 24.2 Å². The second-order valence-corrected chi connectivity index (χ2v) is 6.54. The van der Waals surface area contributed by atoms with E-state index in [-0.39, 0.29) is 30.1 Å². The zero-order valence-electron chi connectivity index (χ0n) is 13.8. The summed E-state index contributed by atoms with van der Waals surface area (Å²) in [5.74, 6) is -1.40. The summed E-state index contributed by atoms with van der Waals surface area (Å²) in [6.07, 6.45) is -2.79. The fourth-order valence-corrected chi connectivity index (χ4v) is 3.30. The van der Waals surface area contributed by atoms with E-state index in [0.29, 0.717) is 0 Å². The molecule has 2 unspecified atom stereocenters. The summed E-state index contributed by atoms with van der Waals surface area (Å²) in [6, 6.07) is 0.790. The third-order valence-electron chi connectivity index (χ3n) is 4.80. The summed E-state index contributed by atoms with van der Waals surface area (Å²) in [7, 11) is 0. The molecule has 0 spiro atoms. The van der Waals surface area contributed by atoms with E-state index < -0.39 is 42.7 Å². The Bertz CT molecular complexity index is 929. The highest BCUT2D eigenvalue weighted by atomic mass is 19.4. The quantitative estimate of drug-likeness (QED) is 0.756. The number of alkyl halides is 4. The Morgan fingerprint density at radius 1 is 1.30 bits per heavy atom. The SMILES string of the molecule is O=C1NCC(c2cc(N3CCC(F)(C(F)(F)F)C3)c3nccn3n2)C(=O)N1. The van der Waals surface area contributed by atoms with Crippen LogP contribution in [0.15, 0.2) is 18.5 Å². The number of halogens is 4. The first kappa shape index (κ1) is 17.5. The number of aromatic nitrogens is 3. The number of rotatable bonds is 2. The van der Waals surface area contributed by atoms with Gasteiger partial charge in [0.25, 0.3) is 0 Å². The number of carbonyl (C=O) groups excluding carboxylic acids is 2. The standard InChI is InChI=1S/C15H14F4N6O2/c16-14(15(17,18)19)1-3-24(7-14)10-5-9(23-25-4-2-20-11(10)25)8-6-21-13(27)22-12(8)26/h2,4-5,8H,1,3,6-7H2,(H2,21,22,26,27). The molecule has 0 radical (unpaired) electrons. The molecule has 4 heterocycles. The Kier molecular flexibility index (Phi) is 3.75. The van der Waals surface area contributed by atoms with Crippen molar-refractivity contribution in [1.29, 1.82) is 0 Å². The maximum atomic E-state index is 14.3. The van der Waals surface area contributed by atoms with E-state index in [9.17, 15) is 27.2 Å². The van der Waals surface area contributed by atoms with Crippen LogP contribution < -0.4 is 15.5 Å². The number of amides is 3. The first-order valence-electron chi connectivity index (χ1n) is 8.11. The van der Waals surface area contributed by atoms with Crippen LogP contribution >= 0.6 is 0 Å². The average molecular weight is 386 g/mol. The van der Waals surface area contributed by atoms with Crippen LogP contribution in [0.2, 0.25) is 0 Å². The number of anilines is 1. The minimum absolute atomic E-state index is 0.00703. The topological polar surface area (TPSA) is 91.6 Å². The lowest BCUT2D eigenvalue weighted by Gasteiger charge is -2.26. The first-order valence-corrected chi connectivity index (χ1v) is 8.11. The Labute approximate surface area is 149 Å². The summed E-state index contributed by atoms with van der Waals surface area (Å²) < 4.78 is 54.7. The number of imide groups is 1. The van der Waals surface area contributed by atoms with Crippen molar-refractivity contribution in [3.8, 4) is 0 Å². The molecule has 144 valence electrons. The van der Waals surface area contributed by atoms with Gasteiger partial charge in [-0.1, -0.05) is 0 Å². The van der Waals surface area contributed by atoms with E-state index in [0.717, 1.165) is 0 Å². The summed E-state index contributed by atoms with van der Waals surface area (Å²) in [6.45, 7) is -1.03. The van der Waals surface area contributed by atoms with Crippen LogP contribution in [0.1, 0.15) is 18.0 Å². The van der Waals surface area contributed by atoms with E-state index in [2.05, 4.69) is 20.7 Å². The summed E-state index contributed by atoms with van der Waals surface area (Å²) >= 11 is 0. The lowest BCUT2D eigenvalue weighted by Crippen LogP contribution is -2.51. The van der Waals surface area contributed by atoms with Crippen LogP contribution in [-0.2, 0) is 4.79 Å². The molecule has 0 aromatic carbocycles. The number of carbonyl (C=O) groups is 2. The van der Waals surface area contributed by atoms with Crippen molar-refractivity contribution in [3.05, 3.63) is 24.2 Å². The fraction of sp³-hybridized carbons (Fsp3) is 0.467. The first-order chi connectivity index (χ1) is 12.7. The highest BCUT2D eigenvalue weighted by Crippen LogP contribution is 2.43. The molecule has 12 heteroatoms. The molecular formula is C15H14F4N6O2. The second-order valence-electron chi connectivity index (χ2n) is 6.54. The van der Waals surface area contributed by atoms with E-state index in [1.165, 1.54) is 27.9 Å². The maximum absolute atomic E-state index is 14.3. The Hall–Kier alpha value is -2.92. The Morgan fingerprint density at radius 2 is 2.07 bits per heavy atom. The molecule has 0 aliphatic carbocycles. The Morgan fingerprint density at radius 3 is 2.74 bits per heavy atom. The van der Waals surface area contributed by atoms with Crippen molar-refractivity contribution < 1.29 is 27.2 Å². The molecule has 2 aromatic rings. The normalized spacial score (nSPS) is 26.4. The van der Waals surface area contributed by atoms with Crippen LogP contribution in [0.3, 0.4) is 0 Å². The van der Waals surface area contributed by atoms with Crippen molar-refractivity contribution >= 4 is 23.3 Å². The zero-order chi connectivity index (χ0) is 19.4. The molecule has 3 amide bonds. The molecule has 2 saturated heterocycles. The number of hydrogen-bond donors (Lipinski definition) is 2. The molecule has 0 saturated carbocycles. The van der Waals surface area contributed by atoms with E-state index in [1.54, 1.807) is 0 Å². The number of nitrogens with one attached hydrogen (secondary N) is 2. The van der Waals surface area contributed by atoms with Gasteiger partial charge in [-0.2, -0.15) is 18.3 Å². The monoisotopic (exact) mass is 386 g/mol.